The topological polar surface area (TPSA) is 72.6 Å². The van der Waals surface area contributed by atoms with Gasteiger partial charge in [-0.2, -0.15) is 0 Å². The first kappa shape index (κ1) is 11.4. The van der Waals surface area contributed by atoms with Gasteiger partial charge in [0.25, 0.3) is 0 Å². The third-order valence-corrected chi connectivity index (χ3v) is 3.67. The molecule has 2 aromatic rings. The molecule has 0 aliphatic carbocycles. The lowest BCUT2D eigenvalue weighted by atomic mass is 10.1. The molecule has 5 nitrogen and oxygen atoms in total. The van der Waals surface area contributed by atoms with Crippen LogP contribution in [0.1, 0.15) is 35.2 Å². The minimum absolute atomic E-state index is 0.0368. The van der Waals surface area contributed by atoms with E-state index in [2.05, 4.69) is 4.98 Å². The molecule has 1 saturated heterocycles. The number of carboxylic acid groups (broad SMARTS) is 1. The van der Waals surface area contributed by atoms with Crippen molar-refractivity contribution in [2.45, 2.75) is 18.9 Å². The molecule has 0 radical (unpaired) electrons. The van der Waals surface area contributed by atoms with Gasteiger partial charge in [-0.25, -0.2) is 9.78 Å². The molecular weight excluding hydrogens is 254 g/mol. The van der Waals surface area contributed by atoms with Crippen molar-refractivity contribution in [2.75, 3.05) is 6.61 Å². The van der Waals surface area contributed by atoms with Crippen molar-refractivity contribution in [2.24, 2.45) is 0 Å². The van der Waals surface area contributed by atoms with Gasteiger partial charge in [-0.05, 0) is 24.3 Å². The number of ether oxygens (including phenoxy) is 1. The van der Waals surface area contributed by atoms with Crippen LogP contribution in [0.25, 0.3) is 10.8 Å². The molecule has 1 unspecified atom stereocenters. The second-order valence-electron chi connectivity index (χ2n) is 4.02. The smallest absolute Gasteiger partial charge is 0.358 e. The Morgan fingerprint density at radius 1 is 1.56 bits per heavy atom. The molecule has 0 saturated carbocycles. The molecule has 0 spiro atoms. The van der Waals surface area contributed by atoms with Crippen molar-refractivity contribution in [3.63, 3.8) is 0 Å². The maximum Gasteiger partial charge on any atom is 0.358 e. The third-order valence-electron chi connectivity index (χ3n) is 2.81. The molecule has 0 aromatic carbocycles. The predicted octanol–water partition coefficient (Wildman–Crippen LogP) is 2.95. The number of hydrogen-bond acceptors (Lipinski definition) is 5. The molecule has 18 heavy (non-hydrogen) atoms. The highest BCUT2D eigenvalue weighted by Crippen LogP contribution is 2.35. The van der Waals surface area contributed by atoms with E-state index in [9.17, 15) is 4.79 Å². The Morgan fingerprint density at radius 2 is 2.44 bits per heavy atom. The van der Waals surface area contributed by atoms with Crippen LogP contribution in [0.2, 0.25) is 0 Å². The highest BCUT2D eigenvalue weighted by molar-refractivity contribution is 7.13. The summed E-state index contributed by atoms with van der Waals surface area (Å²) in [6, 6.07) is 3.72. The third kappa shape index (κ3) is 1.93. The molecule has 0 bridgehead atoms. The van der Waals surface area contributed by atoms with Crippen molar-refractivity contribution >= 4 is 17.3 Å². The number of aromatic nitrogens is 1. The summed E-state index contributed by atoms with van der Waals surface area (Å²) in [6.45, 7) is 0.638. The van der Waals surface area contributed by atoms with Crippen LogP contribution < -0.4 is 0 Å². The summed E-state index contributed by atoms with van der Waals surface area (Å²) in [4.78, 5) is 16.1. The molecule has 6 heteroatoms. The number of aromatic carboxylic acids is 1. The second kappa shape index (κ2) is 4.55. The van der Waals surface area contributed by atoms with Crippen molar-refractivity contribution in [3.8, 4) is 10.8 Å². The first-order chi connectivity index (χ1) is 8.75. The van der Waals surface area contributed by atoms with Crippen molar-refractivity contribution in [3.05, 3.63) is 29.0 Å². The summed E-state index contributed by atoms with van der Waals surface area (Å²) in [5.41, 5.74) is -0.0368. The molecule has 3 rings (SSSR count). The summed E-state index contributed by atoms with van der Waals surface area (Å²) in [7, 11) is 0. The van der Waals surface area contributed by atoms with Crippen LogP contribution in [-0.4, -0.2) is 22.7 Å². The lowest BCUT2D eigenvalue weighted by molar-refractivity contribution is 0.0660. The Kier molecular flexibility index (Phi) is 2.89. The van der Waals surface area contributed by atoms with Gasteiger partial charge in [-0.1, -0.05) is 6.07 Å². The molecule has 0 amide bonds. The molecule has 3 heterocycles. The number of thiophene rings is 1. The first-order valence-electron chi connectivity index (χ1n) is 5.65. The normalized spacial score (nSPS) is 19.2. The summed E-state index contributed by atoms with van der Waals surface area (Å²) >= 11 is 1.46. The van der Waals surface area contributed by atoms with E-state index in [1.165, 1.54) is 11.3 Å². The fourth-order valence-corrected chi connectivity index (χ4v) is 2.64. The Bertz CT molecular complexity index is 555. The van der Waals surface area contributed by atoms with E-state index in [1.807, 2.05) is 17.5 Å². The Morgan fingerprint density at radius 3 is 3.06 bits per heavy atom. The van der Waals surface area contributed by atoms with Crippen LogP contribution >= 0.6 is 11.3 Å². The molecular formula is C12H11NO4S. The van der Waals surface area contributed by atoms with Crippen molar-refractivity contribution in [1.82, 2.24) is 4.98 Å². The number of carboxylic acids is 1. The van der Waals surface area contributed by atoms with E-state index in [1.54, 1.807) is 0 Å². The zero-order valence-corrected chi connectivity index (χ0v) is 10.3. The van der Waals surface area contributed by atoms with Crippen molar-refractivity contribution < 1.29 is 19.1 Å². The first-order valence-corrected chi connectivity index (χ1v) is 6.53. The van der Waals surface area contributed by atoms with E-state index in [0.29, 0.717) is 18.3 Å². The standard InChI is InChI=1S/C12H11NO4S/c14-12(15)9-10(7-3-1-5-16-7)17-11(13-9)8-4-2-6-18-8/h2,4,6-7H,1,3,5H2,(H,14,15). The molecule has 1 aliphatic rings. The van der Waals surface area contributed by atoms with Gasteiger partial charge in [-0.15, -0.1) is 11.3 Å². The Balaban J connectivity index is 2.03. The van der Waals surface area contributed by atoms with Crippen LogP contribution in [-0.2, 0) is 4.74 Å². The minimum atomic E-state index is -1.08. The Hall–Kier alpha value is -1.66. The number of nitrogens with zero attached hydrogens (tertiary/aromatic N) is 1. The maximum absolute atomic E-state index is 11.2. The molecule has 94 valence electrons. The van der Waals surface area contributed by atoms with E-state index >= 15 is 0 Å². The SMILES string of the molecule is O=C(O)c1nc(-c2cccs2)oc1C1CCCO1. The molecule has 1 fully saturated rings. The summed E-state index contributed by atoms with van der Waals surface area (Å²) < 4.78 is 11.1. The zero-order chi connectivity index (χ0) is 12.5. The second-order valence-corrected chi connectivity index (χ2v) is 4.96. The molecule has 2 aromatic heterocycles. The van der Waals surface area contributed by atoms with E-state index in [-0.39, 0.29) is 11.8 Å². The highest BCUT2D eigenvalue weighted by atomic mass is 32.1. The number of hydrogen-bond donors (Lipinski definition) is 1. The van der Waals surface area contributed by atoms with E-state index in [4.69, 9.17) is 14.3 Å². The van der Waals surface area contributed by atoms with Gasteiger partial charge in [0, 0.05) is 6.61 Å². The van der Waals surface area contributed by atoms with Crippen LogP contribution in [0.3, 0.4) is 0 Å². The monoisotopic (exact) mass is 265 g/mol. The molecule has 1 aliphatic heterocycles. The van der Waals surface area contributed by atoms with Gasteiger partial charge in [0.05, 0.1) is 4.88 Å². The fraction of sp³-hybridized carbons (Fsp3) is 0.333. The summed E-state index contributed by atoms with van der Waals surface area (Å²) in [5, 5.41) is 11.1. The largest absolute Gasteiger partial charge is 0.476 e. The molecule has 1 N–H and O–H groups in total. The Labute approximate surface area is 107 Å². The van der Waals surface area contributed by atoms with Gasteiger partial charge < -0.3 is 14.3 Å². The zero-order valence-electron chi connectivity index (χ0n) is 9.46. The van der Waals surface area contributed by atoms with E-state index in [0.717, 1.165) is 17.7 Å². The molecule has 1 atom stereocenters. The summed E-state index contributed by atoms with van der Waals surface area (Å²) in [5.74, 6) is -0.386. The van der Waals surface area contributed by atoms with Gasteiger partial charge in [-0.3, -0.25) is 0 Å². The van der Waals surface area contributed by atoms with Crippen molar-refractivity contribution in [1.29, 1.82) is 0 Å². The minimum Gasteiger partial charge on any atom is -0.476 e. The van der Waals surface area contributed by atoms with Crippen LogP contribution in [0.4, 0.5) is 0 Å². The average molecular weight is 265 g/mol. The number of carbonyl (C=O) groups is 1. The maximum atomic E-state index is 11.2. The summed E-state index contributed by atoms with van der Waals surface area (Å²) in [6.07, 6.45) is 1.41. The van der Waals surface area contributed by atoms with Gasteiger partial charge in [0.2, 0.25) is 5.89 Å². The number of rotatable bonds is 3. The fourth-order valence-electron chi connectivity index (χ4n) is 1.99. The quantitative estimate of drug-likeness (QED) is 0.923. The highest BCUT2D eigenvalue weighted by Gasteiger charge is 2.30. The van der Waals surface area contributed by atoms with Gasteiger partial charge in [0.1, 0.15) is 6.10 Å². The van der Waals surface area contributed by atoms with E-state index < -0.39 is 5.97 Å². The van der Waals surface area contributed by atoms with Gasteiger partial charge in [0.15, 0.2) is 11.5 Å². The number of oxazole rings is 1. The lowest BCUT2D eigenvalue weighted by Crippen LogP contribution is -2.05. The van der Waals surface area contributed by atoms with Crippen LogP contribution in [0.5, 0.6) is 0 Å². The van der Waals surface area contributed by atoms with Crippen LogP contribution in [0.15, 0.2) is 21.9 Å². The lowest BCUT2D eigenvalue weighted by Gasteiger charge is -2.05. The van der Waals surface area contributed by atoms with Gasteiger partial charge >= 0.3 is 5.97 Å². The predicted molar refractivity (Wildman–Crippen MR) is 64.7 cm³/mol. The average Bonchev–Trinajstić information content (AvgIpc) is 3.10. The van der Waals surface area contributed by atoms with Crippen LogP contribution in [0, 0.1) is 0 Å².